The van der Waals surface area contributed by atoms with Gasteiger partial charge in [-0.15, -0.1) is 0 Å². The fourth-order valence-corrected chi connectivity index (χ4v) is 2.72. The Balaban J connectivity index is 2.22. The van der Waals surface area contributed by atoms with E-state index in [0.717, 1.165) is 34.6 Å². The molecule has 1 aromatic heterocycles. The Bertz CT molecular complexity index is 535. The lowest BCUT2D eigenvalue weighted by molar-refractivity contribution is 0.337. The maximum Gasteiger partial charge on any atom is 0.134 e. The summed E-state index contributed by atoms with van der Waals surface area (Å²) in [5.41, 5.74) is 7.23. The third-order valence-electron chi connectivity index (χ3n) is 3.79. The monoisotopic (exact) mass is 279 g/mol. The molecule has 2 rings (SSSR count). The SMILES string of the molecule is CCCCC(CC)C(N)c1cc2cc(Cl)ccc2o1. The van der Waals surface area contributed by atoms with Crippen LogP contribution in [0.15, 0.2) is 28.7 Å². The van der Waals surface area contributed by atoms with Crippen LogP contribution in [0.4, 0.5) is 0 Å². The highest BCUT2D eigenvalue weighted by Gasteiger charge is 2.21. The van der Waals surface area contributed by atoms with Gasteiger partial charge in [0.1, 0.15) is 11.3 Å². The predicted octanol–water partition coefficient (Wildman–Crippen LogP) is 5.30. The highest BCUT2D eigenvalue weighted by molar-refractivity contribution is 6.31. The molecule has 0 saturated carbocycles. The van der Waals surface area contributed by atoms with Crippen molar-refractivity contribution in [2.45, 2.75) is 45.6 Å². The Kier molecular flexibility index (Phi) is 4.89. The van der Waals surface area contributed by atoms with Gasteiger partial charge in [-0.25, -0.2) is 0 Å². The van der Waals surface area contributed by atoms with Gasteiger partial charge in [0.25, 0.3) is 0 Å². The van der Waals surface area contributed by atoms with E-state index < -0.39 is 0 Å². The zero-order valence-corrected chi connectivity index (χ0v) is 12.4. The second-order valence-electron chi connectivity index (χ2n) is 5.17. The summed E-state index contributed by atoms with van der Waals surface area (Å²) in [6, 6.07) is 7.67. The largest absolute Gasteiger partial charge is 0.459 e. The fraction of sp³-hybridized carbons (Fsp3) is 0.500. The summed E-state index contributed by atoms with van der Waals surface area (Å²) in [6.07, 6.45) is 4.67. The zero-order valence-electron chi connectivity index (χ0n) is 11.7. The average Bonchev–Trinajstić information content (AvgIpc) is 2.82. The van der Waals surface area contributed by atoms with Crippen molar-refractivity contribution < 1.29 is 4.42 Å². The van der Waals surface area contributed by atoms with Crippen LogP contribution in [0.25, 0.3) is 11.0 Å². The van der Waals surface area contributed by atoms with Crippen molar-refractivity contribution in [2.24, 2.45) is 11.7 Å². The summed E-state index contributed by atoms with van der Waals surface area (Å²) in [5.74, 6) is 1.36. The molecule has 0 aliphatic heterocycles. The molecule has 104 valence electrons. The first-order valence-corrected chi connectivity index (χ1v) is 7.48. The van der Waals surface area contributed by atoms with Gasteiger partial charge < -0.3 is 10.2 Å². The molecule has 1 aromatic carbocycles. The van der Waals surface area contributed by atoms with Gasteiger partial charge in [-0.3, -0.25) is 0 Å². The molecule has 0 aliphatic rings. The first-order valence-electron chi connectivity index (χ1n) is 7.10. The number of fused-ring (bicyclic) bond motifs is 1. The van der Waals surface area contributed by atoms with Gasteiger partial charge >= 0.3 is 0 Å². The van der Waals surface area contributed by atoms with Gasteiger partial charge in [0, 0.05) is 10.4 Å². The molecule has 2 atom stereocenters. The Morgan fingerprint density at radius 1 is 1.26 bits per heavy atom. The molecule has 2 unspecified atom stereocenters. The molecular formula is C16H22ClNO. The zero-order chi connectivity index (χ0) is 13.8. The number of unbranched alkanes of at least 4 members (excludes halogenated alkanes) is 1. The summed E-state index contributed by atoms with van der Waals surface area (Å²) < 4.78 is 5.86. The molecule has 0 radical (unpaired) electrons. The summed E-state index contributed by atoms with van der Waals surface area (Å²) in [4.78, 5) is 0. The van der Waals surface area contributed by atoms with Crippen LogP contribution >= 0.6 is 11.6 Å². The van der Waals surface area contributed by atoms with E-state index in [1.165, 1.54) is 12.8 Å². The Labute approximate surface area is 119 Å². The first-order chi connectivity index (χ1) is 9.15. The van der Waals surface area contributed by atoms with Gasteiger partial charge in [-0.2, -0.15) is 0 Å². The minimum atomic E-state index is -0.0253. The predicted molar refractivity (Wildman–Crippen MR) is 81.5 cm³/mol. The van der Waals surface area contributed by atoms with Crippen LogP contribution in [-0.2, 0) is 0 Å². The number of furan rings is 1. The van der Waals surface area contributed by atoms with Gasteiger partial charge in [-0.05, 0) is 36.6 Å². The van der Waals surface area contributed by atoms with Gasteiger partial charge in [0.2, 0.25) is 0 Å². The van der Waals surface area contributed by atoms with Crippen molar-refractivity contribution in [2.75, 3.05) is 0 Å². The van der Waals surface area contributed by atoms with E-state index in [1.807, 2.05) is 24.3 Å². The molecule has 1 heterocycles. The van der Waals surface area contributed by atoms with E-state index >= 15 is 0 Å². The van der Waals surface area contributed by atoms with Crippen LogP contribution in [0, 0.1) is 5.92 Å². The van der Waals surface area contributed by atoms with Crippen LogP contribution in [0.5, 0.6) is 0 Å². The Morgan fingerprint density at radius 3 is 2.74 bits per heavy atom. The highest BCUT2D eigenvalue weighted by atomic mass is 35.5. The minimum absolute atomic E-state index is 0.0253. The number of halogens is 1. The molecule has 2 N–H and O–H groups in total. The second kappa shape index (κ2) is 6.44. The molecule has 0 bridgehead atoms. The lowest BCUT2D eigenvalue weighted by atomic mass is 9.90. The number of nitrogens with two attached hydrogens (primary N) is 1. The van der Waals surface area contributed by atoms with E-state index in [9.17, 15) is 0 Å². The van der Waals surface area contributed by atoms with E-state index in [2.05, 4.69) is 13.8 Å². The van der Waals surface area contributed by atoms with Crippen LogP contribution in [-0.4, -0.2) is 0 Å². The van der Waals surface area contributed by atoms with Crippen molar-refractivity contribution in [3.8, 4) is 0 Å². The van der Waals surface area contributed by atoms with Crippen molar-refractivity contribution in [3.05, 3.63) is 35.0 Å². The lowest BCUT2D eigenvalue weighted by Crippen LogP contribution is -2.20. The smallest absolute Gasteiger partial charge is 0.134 e. The Hall–Kier alpha value is -0.990. The van der Waals surface area contributed by atoms with Crippen molar-refractivity contribution in [1.29, 1.82) is 0 Å². The summed E-state index contributed by atoms with van der Waals surface area (Å²) >= 11 is 5.99. The fourth-order valence-electron chi connectivity index (χ4n) is 2.54. The molecule has 19 heavy (non-hydrogen) atoms. The molecular weight excluding hydrogens is 258 g/mol. The molecule has 0 saturated heterocycles. The summed E-state index contributed by atoms with van der Waals surface area (Å²) in [5, 5.41) is 1.76. The van der Waals surface area contributed by atoms with Crippen molar-refractivity contribution in [1.82, 2.24) is 0 Å². The van der Waals surface area contributed by atoms with Crippen LogP contribution in [0.1, 0.15) is 51.3 Å². The maximum atomic E-state index is 6.37. The number of rotatable bonds is 6. The molecule has 3 heteroatoms. The third-order valence-corrected chi connectivity index (χ3v) is 4.02. The van der Waals surface area contributed by atoms with Gasteiger partial charge in [0.15, 0.2) is 0 Å². The molecule has 2 aromatic rings. The minimum Gasteiger partial charge on any atom is -0.459 e. The van der Waals surface area contributed by atoms with E-state index in [0.29, 0.717) is 5.92 Å². The van der Waals surface area contributed by atoms with Crippen LogP contribution in [0.2, 0.25) is 5.02 Å². The molecule has 0 fully saturated rings. The van der Waals surface area contributed by atoms with Gasteiger partial charge in [0.05, 0.1) is 6.04 Å². The number of hydrogen-bond donors (Lipinski definition) is 1. The standard InChI is InChI=1S/C16H22ClNO/c1-3-5-6-11(4-2)16(18)15-10-12-9-13(17)7-8-14(12)19-15/h7-11,16H,3-6,18H2,1-2H3. The topological polar surface area (TPSA) is 39.2 Å². The van der Waals surface area contributed by atoms with Crippen molar-refractivity contribution >= 4 is 22.6 Å². The summed E-state index contributed by atoms with van der Waals surface area (Å²) in [6.45, 7) is 4.40. The molecule has 0 spiro atoms. The van der Waals surface area contributed by atoms with Crippen LogP contribution < -0.4 is 5.73 Å². The van der Waals surface area contributed by atoms with E-state index in [-0.39, 0.29) is 6.04 Å². The quantitative estimate of drug-likeness (QED) is 0.779. The van der Waals surface area contributed by atoms with Gasteiger partial charge in [-0.1, -0.05) is 44.7 Å². The average molecular weight is 280 g/mol. The van der Waals surface area contributed by atoms with E-state index in [4.69, 9.17) is 21.8 Å². The molecule has 2 nitrogen and oxygen atoms in total. The lowest BCUT2D eigenvalue weighted by Gasteiger charge is -2.20. The number of benzene rings is 1. The second-order valence-corrected chi connectivity index (χ2v) is 5.60. The Morgan fingerprint density at radius 2 is 2.05 bits per heavy atom. The molecule has 0 amide bonds. The highest BCUT2D eigenvalue weighted by Crippen LogP contribution is 2.31. The summed E-state index contributed by atoms with van der Waals surface area (Å²) in [7, 11) is 0. The van der Waals surface area contributed by atoms with E-state index in [1.54, 1.807) is 0 Å². The number of hydrogen-bond acceptors (Lipinski definition) is 2. The normalized spacial score (nSPS) is 14.7. The third kappa shape index (κ3) is 3.31. The first kappa shape index (κ1) is 14.4. The maximum absolute atomic E-state index is 6.37. The van der Waals surface area contributed by atoms with Crippen LogP contribution in [0.3, 0.4) is 0 Å². The molecule has 0 aliphatic carbocycles. The van der Waals surface area contributed by atoms with Crippen molar-refractivity contribution in [3.63, 3.8) is 0 Å².